The average Bonchev–Trinajstić information content (AvgIpc) is 2.70. The number of benzene rings is 2. The minimum absolute atomic E-state index is 0.357. The Hall–Kier alpha value is -3.54. The smallest absolute Gasteiger partial charge is 0.308 e. The number of hydrogen-bond acceptors (Lipinski definition) is 6. The lowest BCUT2D eigenvalue weighted by molar-refractivity contribution is -0.132. The quantitative estimate of drug-likeness (QED) is 0.356. The second-order valence-corrected chi connectivity index (χ2v) is 6.14. The van der Waals surface area contributed by atoms with E-state index in [1.165, 1.54) is 13.8 Å². The van der Waals surface area contributed by atoms with Crippen molar-refractivity contribution in [2.24, 2.45) is 0 Å². The molecule has 0 N–H and O–H groups in total. The van der Waals surface area contributed by atoms with Crippen LogP contribution >= 0.6 is 0 Å². The Kier molecular flexibility index (Phi) is 10.5. The largest absolute Gasteiger partial charge is 0.493 e. The predicted molar refractivity (Wildman–Crippen MR) is 116 cm³/mol. The van der Waals surface area contributed by atoms with E-state index < -0.39 is 0 Å². The number of ether oxygens (including phenoxy) is 4. The summed E-state index contributed by atoms with van der Waals surface area (Å²) in [6, 6.07) is 10.9. The summed E-state index contributed by atoms with van der Waals surface area (Å²) >= 11 is 0. The Labute approximate surface area is 177 Å². The zero-order chi connectivity index (χ0) is 22.5. The van der Waals surface area contributed by atoms with E-state index >= 15 is 0 Å². The highest BCUT2D eigenvalue weighted by atomic mass is 16.6. The Bertz CT molecular complexity index is 812. The molecule has 160 valence electrons. The monoisotopic (exact) mass is 412 g/mol. The van der Waals surface area contributed by atoms with Crippen molar-refractivity contribution >= 4 is 11.9 Å². The molecule has 2 aromatic carbocycles. The molecule has 30 heavy (non-hydrogen) atoms. The molecule has 0 aliphatic carbocycles. The van der Waals surface area contributed by atoms with E-state index in [0.29, 0.717) is 23.0 Å². The lowest BCUT2D eigenvalue weighted by Crippen LogP contribution is -2.03. The van der Waals surface area contributed by atoms with Crippen molar-refractivity contribution in [1.82, 2.24) is 0 Å². The average molecular weight is 412 g/mol. The molecule has 0 aliphatic heterocycles. The van der Waals surface area contributed by atoms with Crippen molar-refractivity contribution in [2.75, 3.05) is 14.2 Å². The van der Waals surface area contributed by atoms with Crippen LogP contribution in [0.25, 0.3) is 0 Å². The van der Waals surface area contributed by atoms with Crippen molar-refractivity contribution in [2.45, 2.75) is 26.7 Å². The van der Waals surface area contributed by atoms with Gasteiger partial charge in [-0.15, -0.1) is 13.2 Å². The summed E-state index contributed by atoms with van der Waals surface area (Å²) in [6.07, 6.45) is 5.13. The maximum atomic E-state index is 10.8. The predicted octanol–water partition coefficient (Wildman–Crippen LogP) is 4.70. The van der Waals surface area contributed by atoms with Gasteiger partial charge in [-0.1, -0.05) is 24.3 Å². The van der Waals surface area contributed by atoms with Crippen LogP contribution in [0.5, 0.6) is 23.0 Å². The van der Waals surface area contributed by atoms with Gasteiger partial charge in [0.05, 0.1) is 14.2 Å². The van der Waals surface area contributed by atoms with Gasteiger partial charge in [-0.25, -0.2) is 0 Å². The maximum Gasteiger partial charge on any atom is 0.308 e. The molecule has 0 bridgehead atoms. The summed E-state index contributed by atoms with van der Waals surface area (Å²) in [4.78, 5) is 21.6. The van der Waals surface area contributed by atoms with Gasteiger partial charge in [0.1, 0.15) is 0 Å². The van der Waals surface area contributed by atoms with Crippen LogP contribution in [0.1, 0.15) is 25.0 Å². The maximum absolute atomic E-state index is 10.8. The zero-order valence-electron chi connectivity index (χ0n) is 17.9. The molecule has 2 aromatic rings. The summed E-state index contributed by atoms with van der Waals surface area (Å²) < 4.78 is 20.2. The van der Waals surface area contributed by atoms with Gasteiger partial charge in [0.2, 0.25) is 0 Å². The Morgan fingerprint density at radius 1 is 0.733 bits per heavy atom. The van der Waals surface area contributed by atoms with Gasteiger partial charge < -0.3 is 18.9 Å². The number of carbonyl (C=O) groups excluding carboxylic acids is 2. The van der Waals surface area contributed by atoms with Gasteiger partial charge in [-0.05, 0) is 48.2 Å². The molecule has 6 nitrogen and oxygen atoms in total. The summed E-state index contributed by atoms with van der Waals surface area (Å²) in [5, 5.41) is 0. The fraction of sp³-hybridized carbons (Fsp3) is 0.250. The minimum Gasteiger partial charge on any atom is -0.493 e. The van der Waals surface area contributed by atoms with Crippen LogP contribution in [-0.4, -0.2) is 26.2 Å². The Morgan fingerprint density at radius 2 is 1.10 bits per heavy atom. The molecule has 0 aromatic heterocycles. The number of esters is 2. The van der Waals surface area contributed by atoms with Crippen LogP contribution in [0.4, 0.5) is 0 Å². The van der Waals surface area contributed by atoms with Gasteiger partial charge in [0.15, 0.2) is 23.0 Å². The van der Waals surface area contributed by atoms with E-state index in [0.717, 1.165) is 24.0 Å². The van der Waals surface area contributed by atoms with Crippen molar-refractivity contribution in [3.8, 4) is 23.0 Å². The van der Waals surface area contributed by atoms with Crippen molar-refractivity contribution in [1.29, 1.82) is 0 Å². The molecule has 0 saturated carbocycles. The molecule has 0 amide bonds. The molecule has 0 atom stereocenters. The third-order valence-electron chi connectivity index (χ3n) is 3.72. The highest BCUT2D eigenvalue weighted by Crippen LogP contribution is 2.29. The minimum atomic E-state index is -0.357. The van der Waals surface area contributed by atoms with Gasteiger partial charge in [0, 0.05) is 13.8 Å². The van der Waals surface area contributed by atoms with E-state index in [2.05, 4.69) is 13.2 Å². The third-order valence-corrected chi connectivity index (χ3v) is 3.72. The molecular weight excluding hydrogens is 384 g/mol. The van der Waals surface area contributed by atoms with Crippen molar-refractivity contribution in [3.05, 3.63) is 72.8 Å². The highest BCUT2D eigenvalue weighted by Gasteiger charge is 2.08. The molecule has 0 heterocycles. The van der Waals surface area contributed by atoms with E-state index in [1.54, 1.807) is 38.5 Å². The molecule has 0 fully saturated rings. The fourth-order valence-electron chi connectivity index (χ4n) is 2.49. The number of allylic oxidation sites excluding steroid dienone is 2. The topological polar surface area (TPSA) is 71.1 Å². The second-order valence-electron chi connectivity index (χ2n) is 6.14. The van der Waals surface area contributed by atoms with Crippen LogP contribution in [0, 0.1) is 0 Å². The molecular formula is C24H28O6. The molecule has 0 aliphatic rings. The fourth-order valence-corrected chi connectivity index (χ4v) is 2.49. The molecule has 6 heteroatoms. The first-order chi connectivity index (χ1) is 14.3. The third kappa shape index (κ3) is 8.22. The SMILES string of the molecule is C=CCc1ccc(OC(C)=O)c(OC)c1.C=CCc1ccc(OC(C)=O)c(OC)c1. The van der Waals surface area contributed by atoms with Crippen molar-refractivity contribution in [3.63, 3.8) is 0 Å². The number of hydrogen-bond donors (Lipinski definition) is 0. The summed E-state index contributed by atoms with van der Waals surface area (Å²) in [5.41, 5.74) is 2.13. The van der Waals surface area contributed by atoms with Crippen molar-refractivity contribution < 1.29 is 28.5 Å². The van der Waals surface area contributed by atoms with E-state index in [4.69, 9.17) is 18.9 Å². The first kappa shape index (κ1) is 24.5. The van der Waals surface area contributed by atoms with Crippen LogP contribution in [0.15, 0.2) is 61.7 Å². The lowest BCUT2D eigenvalue weighted by atomic mass is 10.1. The zero-order valence-corrected chi connectivity index (χ0v) is 17.9. The summed E-state index contributed by atoms with van der Waals surface area (Å²) in [6.45, 7) is 10.0. The molecule has 0 unspecified atom stereocenters. The standard InChI is InChI=1S/2C12H14O3/c2*1-4-5-10-6-7-11(15-9(2)13)12(8-10)14-3/h2*4,6-8H,1,5H2,2-3H3. The van der Waals surface area contributed by atoms with E-state index in [1.807, 2.05) is 24.3 Å². The Morgan fingerprint density at radius 3 is 1.37 bits per heavy atom. The summed E-state index contributed by atoms with van der Waals surface area (Å²) in [5.74, 6) is 1.29. The Balaban J connectivity index is 0.000000300. The second kappa shape index (κ2) is 12.8. The van der Waals surface area contributed by atoms with E-state index in [-0.39, 0.29) is 11.9 Å². The highest BCUT2D eigenvalue weighted by molar-refractivity contribution is 5.71. The van der Waals surface area contributed by atoms with Crippen LogP contribution < -0.4 is 18.9 Å². The van der Waals surface area contributed by atoms with Gasteiger partial charge in [-0.3, -0.25) is 9.59 Å². The lowest BCUT2D eigenvalue weighted by Gasteiger charge is -2.08. The van der Waals surface area contributed by atoms with E-state index in [9.17, 15) is 9.59 Å². The van der Waals surface area contributed by atoms with Gasteiger partial charge in [0.25, 0.3) is 0 Å². The molecule has 0 saturated heterocycles. The number of methoxy groups -OCH3 is 2. The van der Waals surface area contributed by atoms with Gasteiger partial charge >= 0.3 is 11.9 Å². The van der Waals surface area contributed by atoms with Crippen LogP contribution in [0.3, 0.4) is 0 Å². The molecule has 0 spiro atoms. The van der Waals surface area contributed by atoms with Gasteiger partial charge in [-0.2, -0.15) is 0 Å². The first-order valence-electron chi connectivity index (χ1n) is 9.27. The van der Waals surface area contributed by atoms with Crippen LogP contribution in [0.2, 0.25) is 0 Å². The molecule has 0 radical (unpaired) electrons. The van der Waals surface area contributed by atoms with Crippen LogP contribution in [-0.2, 0) is 22.4 Å². The number of rotatable bonds is 8. The molecule has 2 rings (SSSR count). The first-order valence-corrected chi connectivity index (χ1v) is 9.27. The number of carbonyl (C=O) groups is 2. The summed E-state index contributed by atoms with van der Waals surface area (Å²) in [7, 11) is 3.08. The normalized spacial score (nSPS) is 9.47.